The number of hydrogen-bond donors (Lipinski definition) is 1. The van der Waals surface area contributed by atoms with Crippen LogP contribution in [0.5, 0.6) is 0 Å². The van der Waals surface area contributed by atoms with E-state index in [9.17, 15) is 13.9 Å². The summed E-state index contributed by atoms with van der Waals surface area (Å²) in [5, 5.41) is 10.1. The van der Waals surface area contributed by atoms with Crippen molar-refractivity contribution in [3.8, 4) is 0 Å². The van der Waals surface area contributed by atoms with Gasteiger partial charge in [-0.05, 0) is 37.2 Å². The molecule has 2 nitrogen and oxygen atoms in total. The average molecular weight is 291 g/mol. The summed E-state index contributed by atoms with van der Waals surface area (Å²) in [5.41, 5.74) is 2.56. The molecule has 1 N–H and O–H groups in total. The first-order valence-electron chi connectivity index (χ1n) is 6.82. The Balaban J connectivity index is 2.00. The Kier molecular flexibility index (Phi) is 5.04. The lowest BCUT2D eigenvalue weighted by molar-refractivity contribution is 0.123. The van der Waals surface area contributed by atoms with Gasteiger partial charge in [0, 0.05) is 19.2 Å². The molecular weight excluding hydrogens is 272 g/mol. The fraction of sp³-hybridized carbons (Fsp3) is 0.294. The van der Waals surface area contributed by atoms with Crippen molar-refractivity contribution in [3.63, 3.8) is 0 Å². The van der Waals surface area contributed by atoms with Gasteiger partial charge in [-0.3, -0.25) is 4.90 Å². The van der Waals surface area contributed by atoms with Gasteiger partial charge in [0.2, 0.25) is 0 Å². The SMILES string of the molecule is Cc1cccc(CN(C)CC(O)c2cc(F)cc(F)c2)c1. The van der Waals surface area contributed by atoms with Gasteiger partial charge >= 0.3 is 0 Å². The van der Waals surface area contributed by atoms with Crippen LogP contribution in [0, 0.1) is 18.6 Å². The third kappa shape index (κ3) is 4.62. The Hall–Kier alpha value is -1.78. The number of aliphatic hydroxyl groups excluding tert-OH is 1. The molecular formula is C17H19F2NO. The molecule has 0 spiro atoms. The van der Waals surface area contributed by atoms with E-state index >= 15 is 0 Å². The summed E-state index contributed by atoms with van der Waals surface area (Å²) in [6.07, 6.45) is -0.926. The highest BCUT2D eigenvalue weighted by Crippen LogP contribution is 2.18. The largest absolute Gasteiger partial charge is 0.387 e. The smallest absolute Gasteiger partial charge is 0.126 e. The molecule has 0 aliphatic rings. The monoisotopic (exact) mass is 291 g/mol. The van der Waals surface area contributed by atoms with Gasteiger partial charge in [-0.2, -0.15) is 0 Å². The van der Waals surface area contributed by atoms with Crippen molar-refractivity contribution in [2.24, 2.45) is 0 Å². The lowest BCUT2D eigenvalue weighted by atomic mass is 10.1. The Bertz CT molecular complexity index is 595. The molecule has 0 aromatic heterocycles. The van der Waals surface area contributed by atoms with Crippen molar-refractivity contribution in [1.29, 1.82) is 0 Å². The summed E-state index contributed by atoms with van der Waals surface area (Å²) >= 11 is 0. The van der Waals surface area contributed by atoms with Gasteiger partial charge < -0.3 is 5.11 Å². The van der Waals surface area contributed by atoms with E-state index in [4.69, 9.17) is 0 Å². The van der Waals surface area contributed by atoms with Gasteiger partial charge in [-0.15, -0.1) is 0 Å². The van der Waals surface area contributed by atoms with Gasteiger partial charge in [-0.25, -0.2) is 8.78 Å². The molecule has 0 aliphatic carbocycles. The van der Waals surface area contributed by atoms with E-state index in [0.29, 0.717) is 13.1 Å². The number of hydrogen-bond acceptors (Lipinski definition) is 2. The van der Waals surface area contributed by atoms with Crippen molar-refractivity contribution >= 4 is 0 Å². The van der Waals surface area contributed by atoms with Gasteiger partial charge in [0.1, 0.15) is 11.6 Å². The summed E-state index contributed by atoms with van der Waals surface area (Å²) in [4.78, 5) is 1.92. The van der Waals surface area contributed by atoms with Crippen LogP contribution in [0.2, 0.25) is 0 Å². The molecule has 21 heavy (non-hydrogen) atoms. The molecule has 0 radical (unpaired) electrons. The zero-order valence-electron chi connectivity index (χ0n) is 12.2. The highest BCUT2D eigenvalue weighted by atomic mass is 19.1. The third-order valence-corrected chi connectivity index (χ3v) is 3.29. The number of aliphatic hydroxyl groups is 1. The highest BCUT2D eigenvalue weighted by molar-refractivity contribution is 5.23. The highest BCUT2D eigenvalue weighted by Gasteiger charge is 2.13. The van der Waals surface area contributed by atoms with E-state index in [1.54, 1.807) is 0 Å². The van der Waals surface area contributed by atoms with Crippen LogP contribution in [-0.2, 0) is 6.54 Å². The minimum atomic E-state index is -0.926. The van der Waals surface area contributed by atoms with Crippen molar-refractivity contribution in [2.75, 3.05) is 13.6 Å². The van der Waals surface area contributed by atoms with Crippen LogP contribution in [0.3, 0.4) is 0 Å². The summed E-state index contributed by atoms with van der Waals surface area (Å²) in [5.74, 6) is -1.35. The van der Waals surface area contributed by atoms with E-state index in [1.165, 1.54) is 5.56 Å². The predicted octanol–water partition coefficient (Wildman–Crippen LogP) is 3.44. The Morgan fingerprint density at radius 1 is 1.10 bits per heavy atom. The number of halogens is 2. The molecule has 0 bridgehead atoms. The molecule has 2 aromatic rings. The van der Waals surface area contributed by atoms with E-state index in [-0.39, 0.29) is 5.56 Å². The van der Waals surface area contributed by atoms with E-state index in [1.807, 2.05) is 37.1 Å². The van der Waals surface area contributed by atoms with Crippen LogP contribution < -0.4 is 0 Å². The first kappa shape index (κ1) is 15.6. The van der Waals surface area contributed by atoms with E-state index in [2.05, 4.69) is 6.07 Å². The van der Waals surface area contributed by atoms with Crippen LogP contribution in [0.4, 0.5) is 8.78 Å². The van der Waals surface area contributed by atoms with Crippen molar-refractivity contribution in [1.82, 2.24) is 4.90 Å². The molecule has 1 unspecified atom stereocenters. The summed E-state index contributed by atoms with van der Waals surface area (Å²) in [7, 11) is 1.86. The molecule has 0 heterocycles. The lowest BCUT2D eigenvalue weighted by Gasteiger charge is -2.21. The lowest BCUT2D eigenvalue weighted by Crippen LogP contribution is -2.24. The molecule has 1 atom stereocenters. The minimum Gasteiger partial charge on any atom is -0.387 e. The molecule has 0 saturated carbocycles. The van der Waals surface area contributed by atoms with Crippen molar-refractivity contribution in [2.45, 2.75) is 19.6 Å². The number of aryl methyl sites for hydroxylation is 1. The molecule has 2 aromatic carbocycles. The van der Waals surface area contributed by atoms with Crippen LogP contribution in [0.15, 0.2) is 42.5 Å². The van der Waals surface area contributed by atoms with Crippen LogP contribution >= 0.6 is 0 Å². The number of rotatable bonds is 5. The maximum absolute atomic E-state index is 13.2. The van der Waals surface area contributed by atoms with Gasteiger partial charge in [-0.1, -0.05) is 29.8 Å². The second-order valence-electron chi connectivity index (χ2n) is 5.40. The Morgan fingerprint density at radius 3 is 2.38 bits per heavy atom. The maximum Gasteiger partial charge on any atom is 0.126 e. The number of likely N-dealkylation sites (N-methyl/N-ethyl adjacent to an activating group) is 1. The molecule has 0 amide bonds. The first-order chi connectivity index (χ1) is 9.94. The number of benzene rings is 2. The zero-order chi connectivity index (χ0) is 15.4. The summed E-state index contributed by atoms with van der Waals surface area (Å²) in [6, 6.07) is 11.2. The molecule has 2 rings (SSSR count). The normalized spacial score (nSPS) is 12.7. The zero-order valence-corrected chi connectivity index (χ0v) is 12.2. The molecule has 112 valence electrons. The third-order valence-electron chi connectivity index (χ3n) is 3.29. The fourth-order valence-electron chi connectivity index (χ4n) is 2.35. The van der Waals surface area contributed by atoms with Crippen LogP contribution in [0.1, 0.15) is 22.8 Å². The van der Waals surface area contributed by atoms with Crippen LogP contribution in [-0.4, -0.2) is 23.6 Å². The van der Waals surface area contributed by atoms with Gasteiger partial charge in [0.05, 0.1) is 6.10 Å². The van der Waals surface area contributed by atoms with Crippen LogP contribution in [0.25, 0.3) is 0 Å². The first-order valence-corrected chi connectivity index (χ1v) is 6.82. The van der Waals surface area contributed by atoms with Gasteiger partial charge in [0.15, 0.2) is 0 Å². The van der Waals surface area contributed by atoms with E-state index in [0.717, 1.165) is 23.8 Å². The Labute approximate surface area is 123 Å². The van der Waals surface area contributed by atoms with Crippen molar-refractivity contribution < 1.29 is 13.9 Å². The maximum atomic E-state index is 13.2. The summed E-state index contributed by atoms with van der Waals surface area (Å²) in [6.45, 7) is 2.99. The van der Waals surface area contributed by atoms with E-state index < -0.39 is 17.7 Å². The molecule has 4 heteroatoms. The quantitative estimate of drug-likeness (QED) is 0.912. The second-order valence-corrected chi connectivity index (χ2v) is 5.40. The second kappa shape index (κ2) is 6.78. The Morgan fingerprint density at radius 2 is 1.76 bits per heavy atom. The minimum absolute atomic E-state index is 0.253. The average Bonchev–Trinajstić information content (AvgIpc) is 2.37. The standard InChI is InChI=1S/C17H19F2NO/c1-12-4-3-5-13(6-12)10-20(2)11-17(21)14-7-15(18)9-16(19)8-14/h3-9,17,21H,10-11H2,1-2H3. The molecule has 0 fully saturated rings. The topological polar surface area (TPSA) is 23.5 Å². The number of nitrogens with zero attached hydrogens (tertiary/aromatic N) is 1. The predicted molar refractivity (Wildman–Crippen MR) is 78.8 cm³/mol. The van der Waals surface area contributed by atoms with Crippen molar-refractivity contribution in [3.05, 3.63) is 70.8 Å². The fourth-order valence-corrected chi connectivity index (χ4v) is 2.35. The molecule has 0 aliphatic heterocycles. The van der Waals surface area contributed by atoms with Gasteiger partial charge in [0.25, 0.3) is 0 Å². The molecule has 0 saturated heterocycles. The summed E-state index contributed by atoms with van der Waals surface area (Å²) < 4.78 is 26.3.